The van der Waals surface area contributed by atoms with Gasteiger partial charge in [0.25, 0.3) is 0 Å². The third-order valence-electron chi connectivity index (χ3n) is 3.35. The summed E-state index contributed by atoms with van der Waals surface area (Å²) in [6.45, 7) is 0. The number of rotatable bonds is 7. The molecule has 2 rings (SSSR count). The molecule has 7 heteroatoms. The van der Waals surface area contributed by atoms with E-state index in [0.29, 0.717) is 11.3 Å². The number of nitrogens with one attached hydrogen (secondary N) is 2. The number of methoxy groups -OCH3 is 1. The largest absolute Gasteiger partial charge is 0.496 e. The van der Waals surface area contributed by atoms with Crippen LogP contribution in [-0.4, -0.2) is 24.7 Å². The Morgan fingerprint density at radius 3 is 2.48 bits per heavy atom. The smallest absolute Gasteiger partial charge is 0.248 e. The lowest BCUT2D eigenvalue weighted by Gasteiger charge is -2.09. The minimum Gasteiger partial charge on any atom is -0.496 e. The Balaban J connectivity index is 1.71. The Bertz CT molecular complexity index is 740. The zero-order valence-corrected chi connectivity index (χ0v) is 14.6. The van der Waals surface area contributed by atoms with Crippen molar-refractivity contribution < 1.29 is 18.7 Å². The average molecular weight is 362 g/mol. The van der Waals surface area contributed by atoms with Crippen molar-refractivity contribution in [3.05, 3.63) is 59.9 Å². The van der Waals surface area contributed by atoms with Crippen LogP contribution >= 0.6 is 11.8 Å². The first-order valence-electron chi connectivity index (χ1n) is 7.67. The second-order valence-corrected chi connectivity index (χ2v) is 6.14. The maximum atomic E-state index is 13.4. The third-order valence-corrected chi connectivity index (χ3v) is 4.40. The van der Waals surface area contributed by atoms with E-state index in [2.05, 4.69) is 10.9 Å². The number of halogens is 1. The minimum absolute atomic E-state index is 0.00766. The fourth-order valence-electron chi connectivity index (χ4n) is 2.10. The molecular weight excluding hydrogens is 343 g/mol. The van der Waals surface area contributed by atoms with Gasteiger partial charge in [-0.05, 0) is 30.2 Å². The van der Waals surface area contributed by atoms with Gasteiger partial charge in [0.2, 0.25) is 11.8 Å². The number of benzene rings is 2. The predicted octanol–water partition coefficient (Wildman–Crippen LogP) is 2.71. The quantitative estimate of drug-likeness (QED) is 0.587. The molecule has 2 N–H and O–H groups in total. The molecule has 0 radical (unpaired) electrons. The first-order chi connectivity index (χ1) is 12.1. The van der Waals surface area contributed by atoms with Crippen LogP contribution in [0.2, 0.25) is 0 Å². The molecule has 0 heterocycles. The van der Waals surface area contributed by atoms with Gasteiger partial charge in [0, 0.05) is 11.3 Å². The molecule has 0 saturated carbocycles. The van der Waals surface area contributed by atoms with E-state index in [0.717, 1.165) is 23.1 Å². The summed E-state index contributed by atoms with van der Waals surface area (Å²) in [6.07, 6.45) is 0.705. The Labute approximate surface area is 149 Å². The number of thioether (sulfide) groups is 1. The van der Waals surface area contributed by atoms with Crippen molar-refractivity contribution in [2.45, 2.75) is 17.7 Å². The van der Waals surface area contributed by atoms with Crippen LogP contribution in [0.4, 0.5) is 4.39 Å². The van der Waals surface area contributed by atoms with Crippen LogP contribution in [0.1, 0.15) is 12.0 Å². The van der Waals surface area contributed by atoms with Gasteiger partial charge in [-0.25, -0.2) is 4.39 Å². The number of carbonyl (C=O) groups excluding carboxylic acids is 2. The Morgan fingerprint density at radius 1 is 1.04 bits per heavy atom. The van der Waals surface area contributed by atoms with E-state index in [4.69, 9.17) is 4.74 Å². The number of hydrogen-bond acceptors (Lipinski definition) is 4. The summed E-state index contributed by atoms with van der Waals surface area (Å²) in [5.74, 6) is -0.357. The number of hydrogen-bond donors (Lipinski definition) is 2. The zero-order chi connectivity index (χ0) is 18.1. The molecule has 5 nitrogen and oxygen atoms in total. The van der Waals surface area contributed by atoms with Crippen molar-refractivity contribution in [2.24, 2.45) is 0 Å². The molecule has 0 spiro atoms. The molecule has 0 atom stereocenters. The topological polar surface area (TPSA) is 67.4 Å². The summed E-state index contributed by atoms with van der Waals surface area (Å²) in [6, 6.07) is 13.7. The number of amides is 2. The molecule has 0 aromatic heterocycles. The number of carbonyl (C=O) groups is 2. The second kappa shape index (κ2) is 9.68. The SMILES string of the molecule is COc1ccccc1CCC(=O)NNC(=O)CSc1ccccc1F. The summed E-state index contributed by atoms with van der Waals surface area (Å²) < 4.78 is 18.7. The molecular formula is C18H19FN2O3S. The molecule has 0 unspecified atom stereocenters. The molecule has 0 aliphatic carbocycles. The number of aryl methyl sites for hydroxylation is 1. The Morgan fingerprint density at radius 2 is 1.72 bits per heavy atom. The highest BCUT2D eigenvalue weighted by Gasteiger charge is 2.09. The van der Waals surface area contributed by atoms with Crippen LogP contribution < -0.4 is 15.6 Å². The first kappa shape index (κ1) is 18.8. The highest BCUT2D eigenvalue weighted by atomic mass is 32.2. The monoisotopic (exact) mass is 362 g/mol. The minimum atomic E-state index is -0.404. The van der Waals surface area contributed by atoms with E-state index < -0.39 is 5.91 Å². The van der Waals surface area contributed by atoms with E-state index in [1.165, 1.54) is 6.07 Å². The number of ether oxygens (including phenoxy) is 1. The van der Waals surface area contributed by atoms with Crippen molar-refractivity contribution >= 4 is 23.6 Å². The molecule has 25 heavy (non-hydrogen) atoms. The van der Waals surface area contributed by atoms with Gasteiger partial charge in [0.05, 0.1) is 12.9 Å². The Hall–Kier alpha value is -2.54. The van der Waals surface area contributed by atoms with Gasteiger partial charge in [-0.1, -0.05) is 30.3 Å². The third kappa shape index (κ3) is 6.11. The molecule has 2 aromatic rings. The van der Waals surface area contributed by atoms with E-state index in [9.17, 15) is 14.0 Å². The lowest BCUT2D eigenvalue weighted by atomic mass is 10.1. The van der Waals surface area contributed by atoms with Gasteiger partial charge in [-0.3, -0.25) is 20.4 Å². The summed E-state index contributed by atoms with van der Waals surface area (Å²) in [5, 5.41) is 0. The maximum absolute atomic E-state index is 13.4. The van der Waals surface area contributed by atoms with Gasteiger partial charge in [0.1, 0.15) is 11.6 Å². The second-order valence-electron chi connectivity index (χ2n) is 5.13. The van der Waals surface area contributed by atoms with Crippen molar-refractivity contribution in [3.8, 4) is 5.75 Å². The van der Waals surface area contributed by atoms with E-state index in [-0.39, 0.29) is 23.9 Å². The molecule has 0 fully saturated rings. The van der Waals surface area contributed by atoms with E-state index >= 15 is 0 Å². The maximum Gasteiger partial charge on any atom is 0.248 e. The predicted molar refractivity (Wildman–Crippen MR) is 94.7 cm³/mol. The fourth-order valence-corrected chi connectivity index (χ4v) is 2.84. The van der Waals surface area contributed by atoms with E-state index in [1.807, 2.05) is 24.3 Å². The normalized spacial score (nSPS) is 10.2. The van der Waals surface area contributed by atoms with Gasteiger partial charge in [-0.2, -0.15) is 0 Å². The highest BCUT2D eigenvalue weighted by Crippen LogP contribution is 2.20. The first-order valence-corrected chi connectivity index (χ1v) is 8.65. The summed E-state index contributed by atoms with van der Waals surface area (Å²) in [4.78, 5) is 23.9. The molecule has 2 aromatic carbocycles. The van der Waals surface area contributed by atoms with Crippen LogP contribution in [0, 0.1) is 5.82 Å². The Kier molecular flexibility index (Phi) is 7.28. The van der Waals surface area contributed by atoms with Crippen molar-refractivity contribution in [3.63, 3.8) is 0 Å². The molecule has 0 bridgehead atoms. The average Bonchev–Trinajstić information content (AvgIpc) is 2.64. The summed E-state index contributed by atoms with van der Waals surface area (Å²) in [5.41, 5.74) is 5.60. The van der Waals surface area contributed by atoms with Crippen LogP contribution in [0.25, 0.3) is 0 Å². The highest BCUT2D eigenvalue weighted by molar-refractivity contribution is 8.00. The lowest BCUT2D eigenvalue weighted by molar-refractivity contribution is -0.127. The van der Waals surface area contributed by atoms with Crippen molar-refractivity contribution in [1.82, 2.24) is 10.9 Å². The molecule has 0 aliphatic heterocycles. The summed E-state index contributed by atoms with van der Waals surface area (Å²) in [7, 11) is 1.58. The number of para-hydroxylation sites is 1. The van der Waals surface area contributed by atoms with Gasteiger partial charge in [0.15, 0.2) is 0 Å². The van der Waals surface area contributed by atoms with Crippen LogP contribution in [0.15, 0.2) is 53.4 Å². The molecule has 2 amide bonds. The summed E-state index contributed by atoms with van der Waals surface area (Å²) >= 11 is 1.07. The molecule has 0 aliphatic rings. The van der Waals surface area contributed by atoms with Crippen molar-refractivity contribution in [2.75, 3.05) is 12.9 Å². The number of hydrazine groups is 1. The van der Waals surface area contributed by atoms with E-state index in [1.54, 1.807) is 25.3 Å². The standard InChI is InChI=1S/C18H19FN2O3S/c1-24-15-8-4-2-6-13(15)10-11-17(22)20-21-18(23)12-25-16-9-5-3-7-14(16)19/h2-9H,10-12H2,1H3,(H,20,22)(H,21,23). The van der Waals surface area contributed by atoms with Crippen LogP contribution in [-0.2, 0) is 16.0 Å². The van der Waals surface area contributed by atoms with Crippen LogP contribution in [0.5, 0.6) is 5.75 Å². The lowest BCUT2D eigenvalue weighted by Crippen LogP contribution is -2.42. The van der Waals surface area contributed by atoms with Crippen molar-refractivity contribution in [1.29, 1.82) is 0 Å². The van der Waals surface area contributed by atoms with Crippen LogP contribution in [0.3, 0.4) is 0 Å². The zero-order valence-electron chi connectivity index (χ0n) is 13.8. The van der Waals surface area contributed by atoms with Gasteiger partial charge in [-0.15, -0.1) is 11.8 Å². The molecule has 132 valence electrons. The van der Waals surface area contributed by atoms with Gasteiger partial charge >= 0.3 is 0 Å². The molecule has 0 saturated heterocycles. The fraction of sp³-hybridized carbons (Fsp3) is 0.222. The van der Waals surface area contributed by atoms with Gasteiger partial charge < -0.3 is 4.74 Å².